The molecule has 1 unspecified atom stereocenters. The van der Waals surface area contributed by atoms with Gasteiger partial charge < -0.3 is 5.32 Å². The van der Waals surface area contributed by atoms with Crippen molar-refractivity contribution >= 4 is 29.2 Å². The minimum Gasteiger partial charge on any atom is -0.351 e. The van der Waals surface area contributed by atoms with E-state index in [4.69, 9.17) is 23.2 Å². The van der Waals surface area contributed by atoms with Crippen LogP contribution in [0.4, 0.5) is 5.95 Å². The van der Waals surface area contributed by atoms with Crippen LogP contribution in [0.2, 0.25) is 10.6 Å². The third-order valence-corrected chi connectivity index (χ3v) is 3.63. The van der Waals surface area contributed by atoms with Gasteiger partial charge in [-0.25, -0.2) is 0 Å². The lowest BCUT2D eigenvalue weighted by atomic mass is 9.85. The molecule has 94 valence electrons. The van der Waals surface area contributed by atoms with Crippen molar-refractivity contribution in [1.82, 2.24) is 15.0 Å². The predicted molar refractivity (Wildman–Crippen MR) is 69.5 cm³/mol. The van der Waals surface area contributed by atoms with Gasteiger partial charge in [-0.1, -0.05) is 19.3 Å². The van der Waals surface area contributed by atoms with Gasteiger partial charge in [-0.15, -0.1) is 0 Å². The van der Waals surface area contributed by atoms with E-state index in [9.17, 15) is 0 Å². The molecule has 0 amide bonds. The maximum absolute atomic E-state index is 5.73. The highest BCUT2D eigenvalue weighted by molar-refractivity contribution is 6.31. The van der Waals surface area contributed by atoms with Crippen LogP contribution in [0.1, 0.15) is 39.0 Å². The second-order valence-electron chi connectivity index (χ2n) is 4.53. The molecule has 0 aliphatic heterocycles. The zero-order chi connectivity index (χ0) is 12.3. The third-order valence-electron chi connectivity index (χ3n) is 3.29. The fourth-order valence-corrected chi connectivity index (χ4v) is 2.71. The van der Waals surface area contributed by atoms with Gasteiger partial charge in [0, 0.05) is 6.04 Å². The molecular formula is C11H16Cl2N4. The van der Waals surface area contributed by atoms with Crippen molar-refractivity contribution < 1.29 is 0 Å². The van der Waals surface area contributed by atoms with Crippen molar-refractivity contribution in [2.24, 2.45) is 5.92 Å². The zero-order valence-electron chi connectivity index (χ0n) is 9.79. The number of nitrogens with zero attached hydrogens (tertiary/aromatic N) is 3. The molecule has 0 spiro atoms. The molecule has 1 heterocycles. The Hall–Kier alpha value is -0.610. The maximum atomic E-state index is 5.73. The molecule has 1 aromatic heterocycles. The number of rotatable bonds is 3. The van der Waals surface area contributed by atoms with Gasteiger partial charge >= 0.3 is 0 Å². The molecule has 0 radical (unpaired) electrons. The third kappa shape index (κ3) is 3.68. The first-order valence-corrected chi connectivity index (χ1v) is 6.74. The quantitative estimate of drug-likeness (QED) is 0.916. The van der Waals surface area contributed by atoms with Crippen LogP contribution >= 0.6 is 23.2 Å². The Morgan fingerprint density at radius 2 is 1.65 bits per heavy atom. The average Bonchev–Trinajstić information content (AvgIpc) is 2.28. The lowest BCUT2D eigenvalue weighted by molar-refractivity contribution is 0.327. The highest BCUT2D eigenvalue weighted by atomic mass is 35.5. The van der Waals surface area contributed by atoms with E-state index in [1.54, 1.807) is 0 Å². The van der Waals surface area contributed by atoms with E-state index in [0.717, 1.165) is 0 Å². The molecular weight excluding hydrogens is 259 g/mol. The normalized spacial score (nSPS) is 19.0. The van der Waals surface area contributed by atoms with Gasteiger partial charge in [0.05, 0.1) is 0 Å². The maximum Gasteiger partial charge on any atom is 0.228 e. The average molecular weight is 275 g/mol. The second-order valence-corrected chi connectivity index (χ2v) is 5.20. The second kappa shape index (κ2) is 5.83. The zero-order valence-corrected chi connectivity index (χ0v) is 11.3. The summed E-state index contributed by atoms with van der Waals surface area (Å²) in [6.07, 6.45) is 6.51. The van der Waals surface area contributed by atoms with Crippen LogP contribution in [0.25, 0.3) is 0 Å². The molecule has 4 nitrogen and oxygen atoms in total. The highest BCUT2D eigenvalue weighted by Gasteiger charge is 2.20. The molecule has 0 saturated heterocycles. The standard InChI is InChI=1S/C11H16Cl2N4/c1-7(8-5-3-2-4-6-8)14-11-16-9(12)15-10(13)17-11/h7-8H,2-6H2,1H3,(H,14,15,16,17). The van der Waals surface area contributed by atoms with E-state index < -0.39 is 0 Å². The van der Waals surface area contributed by atoms with Crippen molar-refractivity contribution in [1.29, 1.82) is 0 Å². The molecule has 1 aliphatic rings. The topological polar surface area (TPSA) is 50.7 Å². The van der Waals surface area contributed by atoms with Gasteiger partial charge in [-0.3, -0.25) is 0 Å². The van der Waals surface area contributed by atoms with Crippen LogP contribution in [0.5, 0.6) is 0 Å². The van der Waals surface area contributed by atoms with Crippen LogP contribution in [0, 0.1) is 5.92 Å². The molecule has 0 bridgehead atoms. The molecule has 1 aromatic rings. The fraction of sp³-hybridized carbons (Fsp3) is 0.727. The summed E-state index contributed by atoms with van der Waals surface area (Å²) in [7, 11) is 0. The van der Waals surface area contributed by atoms with Gasteiger partial charge in [0.25, 0.3) is 0 Å². The highest BCUT2D eigenvalue weighted by Crippen LogP contribution is 2.27. The minimum atomic E-state index is 0.128. The summed E-state index contributed by atoms with van der Waals surface area (Å²) in [5.41, 5.74) is 0. The van der Waals surface area contributed by atoms with Crippen LogP contribution in [0.15, 0.2) is 0 Å². The molecule has 1 saturated carbocycles. The van der Waals surface area contributed by atoms with Gasteiger partial charge in [-0.05, 0) is 48.9 Å². The molecule has 1 fully saturated rings. The Morgan fingerprint density at radius 1 is 1.06 bits per heavy atom. The molecule has 1 atom stereocenters. The van der Waals surface area contributed by atoms with E-state index in [2.05, 4.69) is 27.2 Å². The van der Waals surface area contributed by atoms with Crippen molar-refractivity contribution in [2.45, 2.75) is 45.1 Å². The lowest BCUT2D eigenvalue weighted by Gasteiger charge is -2.28. The number of halogens is 2. The Kier molecular flexibility index (Phi) is 4.40. The van der Waals surface area contributed by atoms with Crippen LogP contribution < -0.4 is 5.32 Å². The number of aromatic nitrogens is 3. The van der Waals surface area contributed by atoms with Gasteiger partial charge in [0.15, 0.2) is 0 Å². The van der Waals surface area contributed by atoms with Gasteiger partial charge in [0.1, 0.15) is 0 Å². The van der Waals surface area contributed by atoms with Crippen LogP contribution in [-0.2, 0) is 0 Å². The first-order valence-electron chi connectivity index (χ1n) is 5.99. The molecule has 6 heteroatoms. The minimum absolute atomic E-state index is 0.128. The summed E-state index contributed by atoms with van der Waals surface area (Å²) in [5, 5.41) is 3.52. The SMILES string of the molecule is CC(Nc1nc(Cl)nc(Cl)n1)C1CCCCC1. The molecule has 17 heavy (non-hydrogen) atoms. The molecule has 1 N–H and O–H groups in total. The number of anilines is 1. The Morgan fingerprint density at radius 3 is 2.24 bits per heavy atom. The lowest BCUT2D eigenvalue weighted by Crippen LogP contribution is -2.28. The molecule has 2 rings (SSSR count). The summed E-state index contributed by atoms with van der Waals surface area (Å²) in [4.78, 5) is 11.8. The summed E-state index contributed by atoms with van der Waals surface area (Å²) in [5.74, 6) is 1.14. The van der Waals surface area contributed by atoms with Crippen LogP contribution in [-0.4, -0.2) is 21.0 Å². The monoisotopic (exact) mass is 274 g/mol. The van der Waals surface area contributed by atoms with Crippen molar-refractivity contribution in [2.75, 3.05) is 5.32 Å². The van der Waals surface area contributed by atoms with Gasteiger partial charge in [0.2, 0.25) is 16.5 Å². The number of nitrogens with one attached hydrogen (secondary N) is 1. The smallest absolute Gasteiger partial charge is 0.228 e. The Balaban J connectivity index is 1.99. The number of hydrogen-bond donors (Lipinski definition) is 1. The number of hydrogen-bond acceptors (Lipinski definition) is 4. The van der Waals surface area contributed by atoms with E-state index in [-0.39, 0.29) is 10.6 Å². The van der Waals surface area contributed by atoms with Crippen molar-refractivity contribution in [3.05, 3.63) is 10.6 Å². The predicted octanol–water partition coefficient (Wildman–Crippen LogP) is 3.56. The van der Waals surface area contributed by atoms with Crippen molar-refractivity contribution in [3.8, 4) is 0 Å². The molecule has 1 aliphatic carbocycles. The van der Waals surface area contributed by atoms with E-state index in [1.807, 2.05) is 0 Å². The van der Waals surface area contributed by atoms with Crippen molar-refractivity contribution in [3.63, 3.8) is 0 Å². The fourth-order valence-electron chi connectivity index (χ4n) is 2.35. The Bertz CT molecular complexity index is 359. The summed E-state index contributed by atoms with van der Waals surface area (Å²) < 4.78 is 0. The van der Waals surface area contributed by atoms with E-state index >= 15 is 0 Å². The summed E-state index contributed by atoms with van der Waals surface area (Å²) >= 11 is 11.5. The molecule has 0 aromatic carbocycles. The first kappa shape index (κ1) is 12.8. The first-order chi connectivity index (χ1) is 8.15. The summed E-state index contributed by atoms with van der Waals surface area (Å²) in [6, 6.07) is 0.338. The van der Waals surface area contributed by atoms with Gasteiger partial charge in [-0.2, -0.15) is 15.0 Å². The summed E-state index contributed by atoms with van der Waals surface area (Å²) in [6.45, 7) is 2.15. The largest absolute Gasteiger partial charge is 0.351 e. The van der Waals surface area contributed by atoms with E-state index in [0.29, 0.717) is 17.9 Å². The van der Waals surface area contributed by atoms with Crippen LogP contribution in [0.3, 0.4) is 0 Å². The Labute approximate surface area is 111 Å². The van der Waals surface area contributed by atoms with E-state index in [1.165, 1.54) is 32.1 Å².